The van der Waals surface area contributed by atoms with Crippen LogP contribution in [0.15, 0.2) is 83.9 Å². The highest BCUT2D eigenvalue weighted by atomic mass is 35.5. The molecule has 0 saturated carbocycles. The van der Waals surface area contributed by atoms with Crippen LogP contribution in [0.4, 0.5) is 5.69 Å². The Balaban J connectivity index is 1.48. The number of tetrazole rings is 1. The molecule has 5 rings (SSSR count). The molecular formula is C35H38ClN9O5S2. The second-order valence-corrected chi connectivity index (χ2v) is 16.4. The quantitative estimate of drug-likeness (QED) is 0.133. The van der Waals surface area contributed by atoms with Gasteiger partial charge in [-0.2, -0.15) is 5.21 Å². The number of aliphatic imine (C=N–C) groups is 1. The maximum absolute atomic E-state index is 14.6. The SMILES string of the molecule is CN(C(=O)C(N)CSSC(C)(C)C)C1N=C(c2ccccc2)c2cc(Cl)ccc2N(CC(=O)N[C@@H](Cc2ccccc2)C(=O)Oc2nn[nH]n2)C1=O. The van der Waals surface area contributed by atoms with Crippen LogP contribution >= 0.6 is 33.2 Å². The van der Waals surface area contributed by atoms with Crippen LogP contribution in [0.3, 0.4) is 0 Å². The van der Waals surface area contributed by atoms with Gasteiger partial charge in [-0.15, -0.1) is 0 Å². The van der Waals surface area contributed by atoms with Crippen LogP contribution in [0.25, 0.3) is 0 Å². The Morgan fingerprint density at radius 2 is 1.77 bits per heavy atom. The summed E-state index contributed by atoms with van der Waals surface area (Å²) in [5.74, 6) is -2.41. The molecular weight excluding hydrogens is 726 g/mol. The summed E-state index contributed by atoms with van der Waals surface area (Å²) in [5, 5.41) is 16.0. The van der Waals surface area contributed by atoms with Crippen molar-refractivity contribution in [3.05, 3.63) is 101 Å². The number of nitrogens with two attached hydrogens (primary N) is 1. The number of benzene rings is 3. The molecule has 17 heteroatoms. The zero-order chi connectivity index (χ0) is 37.4. The van der Waals surface area contributed by atoms with Crippen molar-refractivity contribution in [2.45, 2.75) is 50.2 Å². The minimum Gasteiger partial charge on any atom is -0.387 e. The van der Waals surface area contributed by atoms with Crippen molar-refractivity contribution >= 4 is 68.3 Å². The van der Waals surface area contributed by atoms with E-state index in [9.17, 15) is 19.2 Å². The second-order valence-electron chi connectivity index (χ2n) is 12.8. The molecule has 3 atom stereocenters. The molecule has 2 unspecified atom stereocenters. The average molecular weight is 764 g/mol. The minimum absolute atomic E-state index is 0.0521. The predicted octanol–water partition coefficient (Wildman–Crippen LogP) is 3.66. The Morgan fingerprint density at radius 3 is 2.42 bits per heavy atom. The number of benzodiazepines with no additional fused rings is 1. The number of ether oxygens (including phenoxy) is 1. The number of rotatable bonds is 13. The lowest BCUT2D eigenvalue weighted by molar-refractivity contribution is -0.140. The highest BCUT2D eigenvalue weighted by Crippen LogP contribution is 2.35. The summed E-state index contributed by atoms with van der Waals surface area (Å²) in [6.45, 7) is 5.63. The minimum atomic E-state index is -1.41. The van der Waals surface area contributed by atoms with Gasteiger partial charge in [0.15, 0.2) is 0 Å². The summed E-state index contributed by atoms with van der Waals surface area (Å²) in [4.78, 5) is 62.8. The molecule has 272 valence electrons. The van der Waals surface area contributed by atoms with E-state index in [1.54, 1.807) is 53.3 Å². The summed E-state index contributed by atoms with van der Waals surface area (Å²) in [5.41, 5.74) is 8.92. The maximum atomic E-state index is 14.6. The molecule has 4 aromatic rings. The monoisotopic (exact) mass is 763 g/mol. The first-order valence-electron chi connectivity index (χ1n) is 16.2. The predicted molar refractivity (Wildman–Crippen MR) is 202 cm³/mol. The van der Waals surface area contributed by atoms with Crippen molar-refractivity contribution in [1.82, 2.24) is 30.8 Å². The fourth-order valence-corrected chi connectivity index (χ4v) is 7.79. The first kappa shape index (κ1) is 38.5. The van der Waals surface area contributed by atoms with Crippen LogP contribution in [0.2, 0.25) is 5.02 Å². The van der Waals surface area contributed by atoms with E-state index in [4.69, 9.17) is 27.1 Å². The number of nitrogens with one attached hydrogen (secondary N) is 2. The molecule has 52 heavy (non-hydrogen) atoms. The number of esters is 1. The average Bonchev–Trinajstić information content (AvgIpc) is 3.59. The molecule has 0 radical (unpaired) electrons. The molecule has 2 heterocycles. The van der Waals surface area contributed by atoms with E-state index in [0.29, 0.717) is 33.3 Å². The van der Waals surface area contributed by atoms with E-state index in [1.165, 1.54) is 27.6 Å². The van der Waals surface area contributed by atoms with Gasteiger partial charge in [0.2, 0.25) is 18.0 Å². The van der Waals surface area contributed by atoms with Gasteiger partial charge in [-0.25, -0.2) is 9.79 Å². The van der Waals surface area contributed by atoms with E-state index in [0.717, 1.165) is 5.56 Å². The molecule has 0 bridgehead atoms. The molecule has 4 N–H and O–H groups in total. The van der Waals surface area contributed by atoms with Gasteiger partial charge in [0, 0.05) is 40.1 Å². The summed E-state index contributed by atoms with van der Waals surface area (Å²) in [6, 6.07) is 20.6. The zero-order valence-electron chi connectivity index (χ0n) is 28.9. The Labute approximate surface area is 313 Å². The number of halogens is 1. The van der Waals surface area contributed by atoms with Crippen molar-refractivity contribution in [3.63, 3.8) is 0 Å². The van der Waals surface area contributed by atoms with E-state index < -0.39 is 48.5 Å². The number of hydrogen-bond acceptors (Lipinski definition) is 12. The zero-order valence-corrected chi connectivity index (χ0v) is 31.2. The van der Waals surface area contributed by atoms with Crippen molar-refractivity contribution in [1.29, 1.82) is 0 Å². The Morgan fingerprint density at radius 1 is 1.08 bits per heavy atom. The molecule has 1 aromatic heterocycles. The molecule has 3 aromatic carbocycles. The van der Waals surface area contributed by atoms with Crippen molar-refractivity contribution in [2.75, 3.05) is 24.2 Å². The van der Waals surface area contributed by atoms with Crippen LogP contribution in [-0.4, -0.2) is 97.3 Å². The normalized spacial score (nSPS) is 15.5. The summed E-state index contributed by atoms with van der Waals surface area (Å²) < 4.78 is 5.20. The number of fused-ring (bicyclic) bond motifs is 1. The summed E-state index contributed by atoms with van der Waals surface area (Å²) >= 11 is 6.49. The lowest BCUT2D eigenvalue weighted by atomic mass is 10.00. The van der Waals surface area contributed by atoms with E-state index in [2.05, 4.69) is 46.7 Å². The largest absolute Gasteiger partial charge is 0.387 e. The van der Waals surface area contributed by atoms with Gasteiger partial charge in [0.05, 0.1) is 17.4 Å². The molecule has 0 aliphatic carbocycles. The third kappa shape index (κ3) is 9.97. The lowest BCUT2D eigenvalue weighted by Gasteiger charge is -2.30. The fourth-order valence-electron chi connectivity index (χ4n) is 5.20. The van der Waals surface area contributed by atoms with Crippen molar-refractivity contribution < 1.29 is 23.9 Å². The first-order valence-corrected chi connectivity index (χ1v) is 18.9. The number of carbonyl (C=O) groups is 4. The summed E-state index contributed by atoms with van der Waals surface area (Å²) in [6.07, 6.45) is -1.34. The van der Waals surface area contributed by atoms with Crippen molar-refractivity contribution in [2.24, 2.45) is 10.7 Å². The van der Waals surface area contributed by atoms with Crippen LogP contribution in [0.5, 0.6) is 6.01 Å². The van der Waals surface area contributed by atoms with Gasteiger partial charge in [0.1, 0.15) is 12.6 Å². The van der Waals surface area contributed by atoms with Crippen LogP contribution in [0, 0.1) is 0 Å². The lowest BCUT2D eigenvalue weighted by Crippen LogP contribution is -2.55. The Hall–Kier alpha value is -4.77. The van der Waals surface area contributed by atoms with Gasteiger partial charge in [-0.1, -0.05) is 125 Å². The summed E-state index contributed by atoms with van der Waals surface area (Å²) in [7, 11) is 4.53. The van der Waals surface area contributed by atoms with E-state index in [1.807, 2.05) is 36.4 Å². The highest BCUT2D eigenvalue weighted by Gasteiger charge is 2.39. The molecule has 1 aliphatic heterocycles. The smallest absolute Gasteiger partial charge is 0.363 e. The third-order valence-corrected chi connectivity index (χ3v) is 11.2. The van der Waals surface area contributed by atoms with Crippen molar-refractivity contribution in [3.8, 4) is 6.01 Å². The van der Waals surface area contributed by atoms with Crippen LogP contribution < -0.4 is 20.7 Å². The fraction of sp³-hybridized carbons (Fsp3) is 0.314. The number of anilines is 1. The Kier molecular flexibility index (Phi) is 12.7. The number of likely N-dealkylation sites (N-methyl/N-ethyl adjacent to an activating group) is 1. The van der Waals surface area contributed by atoms with E-state index >= 15 is 0 Å². The standard InChI is InChI=1S/C35H38ClN9O5S2/c1-35(2,3)52-51-20-25(37)31(47)44(4)30-32(48)45(27-16-15-23(36)18-24(27)29(39-30)22-13-9-6-10-14-22)19-28(46)38-26(17-21-11-7-5-8-12-21)33(49)50-34-40-42-43-41-34/h5-16,18,25-26,30H,17,19-20,37H2,1-4H3,(H,38,46)(H,40,41,42,43)/t25?,26-,30?/m0/s1. The highest BCUT2D eigenvalue weighted by molar-refractivity contribution is 8.77. The molecule has 3 amide bonds. The van der Waals surface area contributed by atoms with E-state index in [-0.39, 0.29) is 17.2 Å². The maximum Gasteiger partial charge on any atom is 0.363 e. The molecule has 1 aliphatic rings. The van der Waals surface area contributed by atoms with Gasteiger partial charge in [-0.05, 0) is 29.0 Å². The third-order valence-electron chi connectivity index (χ3n) is 7.60. The number of aromatic nitrogens is 4. The number of nitrogens with zero attached hydrogens (tertiary/aromatic N) is 6. The van der Waals surface area contributed by atoms with Gasteiger partial charge in [0.25, 0.3) is 5.91 Å². The molecule has 0 saturated heterocycles. The molecule has 14 nitrogen and oxygen atoms in total. The van der Waals surface area contributed by atoms with Crippen LogP contribution in [-0.2, 0) is 25.6 Å². The number of H-pyrrole nitrogens is 1. The number of aromatic amines is 1. The molecule has 0 fully saturated rings. The van der Waals surface area contributed by atoms with Gasteiger partial charge in [-0.3, -0.25) is 19.3 Å². The van der Waals surface area contributed by atoms with Gasteiger partial charge < -0.3 is 20.7 Å². The number of amides is 3. The number of hydrogen-bond donors (Lipinski definition) is 3. The number of carbonyl (C=O) groups excluding carboxylic acids is 4. The first-order chi connectivity index (χ1) is 24.8. The topological polar surface area (TPSA) is 189 Å². The van der Waals surface area contributed by atoms with Crippen LogP contribution in [0.1, 0.15) is 37.5 Å². The molecule has 0 spiro atoms. The van der Waals surface area contributed by atoms with Gasteiger partial charge >= 0.3 is 12.0 Å². The second kappa shape index (κ2) is 17.2. The Bertz CT molecular complexity index is 1910.